The molecule has 106 valence electrons. The van der Waals surface area contributed by atoms with Crippen molar-refractivity contribution < 1.29 is 9.53 Å². The lowest BCUT2D eigenvalue weighted by molar-refractivity contribution is -0.120. The summed E-state index contributed by atoms with van der Waals surface area (Å²) in [4.78, 5) is 12.7. The second-order valence-corrected chi connectivity index (χ2v) is 5.90. The number of rotatable bonds is 7. The quantitative estimate of drug-likeness (QED) is 0.461. The van der Waals surface area contributed by atoms with Gasteiger partial charge in [0.25, 0.3) is 0 Å². The lowest BCUT2D eigenvalue weighted by atomic mass is 10.3. The Morgan fingerprint density at radius 1 is 1.58 bits per heavy atom. The highest BCUT2D eigenvalue weighted by molar-refractivity contribution is 8.00. The maximum absolute atomic E-state index is 11.8. The summed E-state index contributed by atoms with van der Waals surface area (Å²) < 4.78 is 4.92. The van der Waals surface area contributed by atoms with Crippen molar-refractivity contribution in [1.82, 2.24) is 5.32 Å². The summed E-state index contributed by atoms with van der Waals surface area (Å²) in [5.74, 6) is -0.00421. The molecular weight excluding hydrogens is 284 g/mol. The molecule has 0 radical (unpaired) electrons. The van der Waals surface area contributed by atoms with E-state index in [2.05, 4.69) is 5.32 Å². The zero-order valence-electron chi connectivity index (χ0n) is 11.1. The van der Waals surface area contributed by atoms with E-state index in [0.717, 1.165) is 11.3 Å². The number of ether oxygens (including phenoxy) is 1. The number of hydrogen-bond donors (Lipinski definition) is 2. The first-order valence-corrected chi connectivity index (χ1v) is 7.28. The van der Waals surface area contributed by atoms with Gasteiger partial charge in [0, 0.05) is 35.9 Å². The number of benzene rings is 1. The van der Waals surface area contributed by atoms with Gasteiger partial charge in [-0.25, -0.2) is 0 Å². The summed E-state index contributed by atoms with van der Waals surface area (Å²) in [5, 5.41) is 3.25. The van der Waals surface area contributed by atoms with Crippen molar-refractivity contribution in [2.45, 2.75) is 23.5 Å². The lowest BCUT2D eigenvalue weighted by Crippen LogP contribution is -2.32. The van der Waals surface area contributed by atoms with E-state index in [-0.39, 0.29) is 11.2 Å². The van der Waals surface area contributed by atoms with Gasteiger partial charge in [-0.1, -0.05) is 11.6 Å². The van der Waals surface area contributed by atoms with Gasteiger partial charge in [-0.2, -0.15) is 0 Å². The molecule has 0 aliphatic rings. The van der Waals surface area contributed by atoms with Gasteiger partial charge in [0.1, 0.15) is 0 Å². The number of anilines is 1. The van der Waals surface area contributed by atoms with E-state index in [9.17, 15) is 4.79 Å². The number of nitrogens with two attached hydrogens (primary N) is 1. The molecule has 1 aromatic carbocycles. The second-order valence-electron chi connectivity index (χ2n) is 4.08. The van der Waals surface area contributed by atoms with Crippen molar-refractivity contribution in [3.05, 3.63) is 23.2 Å². The van der Waals surface area contributed by atoms with Gasteiger partial charge in [0.15, 0.2) is 0 Å². The van der Waals surface area contributed by atoms with Crippen molar-refractivity contribution in [1.29, 1.82) is 0 Å². The highest BCUT2D eigenvalue weighted by atomic mass is 35.5. The second kappa shape index (κ2) is 8.30. The highest BCUT2D eigenvalue weighted by Gasteiger charge is 2.15. The topological polar surface area (TPSA) is 64.3 Å². The number of carbonyl (C=O) groups is 1. The van der Waals surface area contributed by atoms with Gasteiger partial charge in [0.05, 0.1) is 5.25 Å². The molecule has 4 nitrogen and oxygen atoms in total. The van der Waals surface area contributed by atoms with Crippen LogP contribution in [0.2, 0.25) is 5.02 Å². The molecule has 0 fully saturated rings. The summed E-state index contributed by atoms with van der Waals surface area (Å²) >= 11 is 7.26. The first kappa shape index (κ1) is 16.1. The van der Waals surface area contributed by atoms with E-state index < -0.39 is 0 Å². The fourth-order valence-corrected chi connectivity index (χ4v) is 2.54. The van der Waals surface area contributed by atoms with Crippen LogP contribution >= 0.6 is 23.4 Å². The third kappa shape index (κ3) is 5.72. The molecular formula is C13H19ClN2O2S. The molecule has 0 aromatic heterocycles. The van der Waals surface area contributed by atoms with Crippen LogP contribution in [0.15, 0.2) is 23.1 Å². The number of methoxy groups -OCH3 is 1. The molecule has 1 amide bonds. The van der Waals surface area contributed by atoms with Crippen molar-refractivity contribution in [3.8, 4) is 0 Å². The van der Waals surface area contributed by atoms with Crippen LogP contribution < -0.4 is 11.1 Å². The molecule has 3 N–H and O–H groups in total. The minimum atomic E-state index is -0.203. The van der Waals surface area contributed by atoms with Gasteiger partial charge < -0.3 is 15.8 Å². The Labute approximate surface area is 123 Å². The molecule has 19 heavy (non-hydrogen) atoms. The van der Waals surface area contributed by atoms with E-state index in [4.69, 9.17) is 22.1 Å². The zero-order chi connectivity index (χ0) is 14.3. The number of carbonyl (C=O) groups excluding carboxylic acids is 1. The fourth-order valence-electron chi connectivity index (χ4n) is 1.44. The zero-order valence-corrected chi connectivity index (χ0v) is 12.7. The average Bonchev–Trinajstić information content (AvgIpc) is 2.37. The van der Waals surface area contributed by atoms with Crippen molar-refractivity contribution in [2.75, 3.05) is 26.0 Å². The number of nitrogen functional groups attached to an aromatic ring is 1. The molecule has 0 bridgehead atoms. The standard InChI is InChI=1S/C13H19ClN2O2S/c1-9(13(17)16-6-3-7-18-2)19-12-5-4-10(14)8-11(12)15/h4-5,8-9H,3,6-7,15H2,1-2H3,(H,16,17). The Morgan fingerprint density at radius 3 is 2.95 bits per heavy atom. The van der Waals surface area contributed by atoms with E-state index in [1.807, 2.05) is 13.0 Å². The van der Waals surface area contributed by atoms with Crippen molar-refractivity contribution >= 4 is 35.0 Å². The molecule has 0 heterocycles. The summed E-state index contributed by atoms with van der Waals surface area (Å²) in [5.41, 5.74) is 6.45. The van der Waals surface area contributed by atoms with Crippen LogP contribution in [-0.4, -0.2) is 31.4 Å². The summed E-state index contributed by atoms with van der Waals surface area (Å²) in [7, 11) is 1.64. The predicted octanol–water partition coefficient (Wildman–Crippen LogP) is 2.56. The maximum Gasteiger partial charge on any atom is 0.233 e. The van der Waals surface area contributed by atoms with Crippen LogP contribution in [0, 0.1) is 0 Å². The van der Waals surface area contributed by atoms with Gasteiger partial charge >= 0.3 is 0 Å². The summed E-state index contributed by atoms with van der Waals surface area (Å²) in [6.07, 6.45) is 0.808. The highest BCUT2D eigenvalue weighted by Crippen LogP contribution is 2.30. The number of halogens is 1. The van der Waals surface area contributed by atoms with Gasteiger partial charge in [-0.3, -0.25) is 4.79 Å². The first-order valence-electron chi connectivity index (χ1n) is 6.03. The molecule has 1 unspecified atom stereocenters. The van der Waals surface area contributed by atoms with Crippen molar-refractivity contribution in [2.24, 2.45) is 0 Å². The molecule has 1 rings (SSSR count). The van der Waals surface area contributed by atoms with Crippen LogP contribution in [0.1, 0.15) is 13.3 Å². The summed E-state index contributed by atoms with van der Waals surface area (Å²) in [6.45, 7) is 3.12. The number of thioether (sulfide) groups is 1. The first-order chi connectivity index (χ1) is 9.04. The molecule has 0 spiro atoms. The minimum absolute atomic E-state index is 0.00421. The molecule has 1 atom stereocenters. The Balaban J connectivity index is 2.45. The van der Waals surface area contributed by atoms with E-state index in [0.29, 0.717) is 23.9 Å². The Bertz CT molecular complexity index is 429. The third-order valence-electron chi connectivity index (χ3n) is 2.47. The lowest BCUT2D eigenvalue weighted by Gasteiger charge is -2.13. The SMILES string of the molecule is COCCCNC(=O)C(C)Sc1ccc(Cl)cc1N. The molecule has 0 aliphatic heterocycles. The van der Waals surface area contributed by atoms with Gasteiger partial charge in [-0.15, -0.1) is 11.8 Å². The molecule has 0 saturated carbocycles. The normalized spacial score (nSPS) is 12.2. The van der Waals surface area contributed by atoms with E-state index in [1.54, 1.807) is 19.2 Å². The number of hydrogen-bond acceptors (Lipinski definition) is 4. The predicted molar refractivity (Wildman–Crippen MR) is 80.7 cm³/mol. The van der Waals surface area contributed by atoms with Crippen molar-refractivity contribution in [3.63, 3.8) is 0 Å². The van der Waals surface area contributed by atoms with Crippen LogP contribution in [0.25, 0.3) is 0 Å². The maximum atomic E-state index is 11.8. The Morgan fingerprint density at radius 2 is 2.32 bits per heavy atom. The van der Waals surface area contributed by atoms with E-state index in [1.165, 1.54) is 11.8 Å². The summed E-state index contributed by atoms with van der Waals surface area (Å²) in [6, 6.07) is 5.29. The van der Waals surface area contributed by atoms with Gasteiger partial charge in [-0.05, 0) is 31.5 Å². The van der Waals surface area contributed by atoms with Crippen LogP contribution in [0.4, 0.5) is 5.69 Å². The fraction of sp³-hybridized carbons (Fsp3) is 0.462. The Hall–Kier alpha value is -0.910. The third-order valence-corrected chi connectivity index (χ3v) is 3.90. The Kier molecular flexibility index (Phi) is 7.05. The minimum Gasteiger partial charge on any atom is -0.398 e. The van der Waals surface area contributed by atoms with Crippen LogP contribution in [-0.2, 0) is 9.53 Å². The number of nitrogens with one attached hydrogen (secondary N) is 1. The molecule has 0 saturated heterocycles. The largest absolute Gasteiger partial charge is 0.398 e. The van der Waals surface area contributed by atoms with Gasteiger partial charge in [0.2, 0.25) is 5.91 Å². The monoisotopic (exact) mass is 302 g/mol. The molecule has 6 heteroatoms. The smallest absolute Gasteiger partial charge is 0.233 e. The average molecular weight is 303 g/mol. The van der Waals surface area contributed by atoms with Crippen LogP contribution in [0.3, 0.4) is 0 Å². The number of amides is 1. The van der Waals surface area contributed by atoms with Crippen LogP contribution in [0.5, 0.6) is 0 Å². The molecule has 1 aromatic rings. The molecule has 0 aliphatic carbocycles. The van der Waals surface area contributed by atoms with E-state index >= 15 is 0 Å².